The Morgan fingerprint density at radius 3 is 0.895 bits per heavy atom. The smallest absolute Gasteiger partial charge is 0.164 e. The predicted octanol–water partition coefficient (Wildman–Crippen LogP) is 8.82. The zero-order valence-corrected chi connectivity index (χ0v) is 21.5. The molecule has 0 amide bonds. The molecule has 6 rings (SSSR count). The van der Waals surface area contributed by atoms with Crippen molar-refractivity contribution in [2.45, 2.75) is 13.8 Å². The van der Waals surface area contributed by atoms with E-state index in [1.165, 1.54) is 22.3 Å². The lowest BCUT2D eigenvalue weighted by molar-refractivity contribution is 1.07. The number of rotatable bonds is 5. The molecule has 0 aliphatic heterocycles. The van der Waals surface area contributed by atoms with E-state index in [-0.39, 0.29) is 0 Å². The maximum absolute atomic E-state index is 4.91. The van der Waals surface area contributed by atoms with Crippen molar-refractivity contribution >= 4 is 0 Å². The van der Waals surface area contributed by atoms with E-state index in [1.54, 1.807) is 0 Å². The minimum atomic E-state index is 0.659. The van der Waals surface area contributed by atoms with Gasteiger partial charge < -0.3 is 0 Å². The monoisotopic (exact) mass is 489 g/mol. The maximum atomic E-state index is 4.91. The van der Waals surface area contributed by atoms with Crippen LogP contribution in [0.15, 0.2) is 127 Å². The summed E-state index contributed by atoms with van der Waals surface area (Å²) < 4.78 is 0. The first-order chi connectivity index (χ1) is 18.6. The molecule has 0 aliphatic rings. The van der Waals surface area contributed by atoms with Crippen LogP contribution in [0.25, 0.3) is 56.4 Å². The van der Waals surface area contributed by atoms with Gasteiger partial charge in [-0.2, -0.15) is 0 Å². The molecule has 0 N–H and O–H groups in total. The summed E-state index contributed by atoms with van der Waals surface area (Å²) in [6.45, 7) is 4.21. The van der Waals surface area contributed by atoms with Crippen molar-refractivity contribution in [3.8, 4) is 56.4 Å². The van der Waals surface area contributed by atoms with Crippen LogP contribution in [0.2, 0.25) is 0 Å². The summed E-state index contributed by atoms with van der Waals surface area (Å²) >= 11 is 0. The summed E-state index contributed by atoms with van der Waals surface area (Å²) in [4.78, 5) is 14.6. The Kier molecular flexibility index (Phi) is 6.33. The molecule has 0 radical (unpaired) electrons. The molecule has 5 aromatic carbocycles. The molecule has 3 heteroatoms. The number of hydrogen-bond acceptors (Lipinski definition) is 3. The van der Waals surface area contributed by atoms with Gasteiger partial charge in [-0.3, -0.25) is 0 Å². The Bertz CT molecular complexity index is 1560. The zero-order valence-electron chi connectivity index (χ0n) is 21.5. The van der Waals surface area contributed by atoms with E-state index in [0.717, 1.165) is 27.8 Å². The van der Waals surface area contributed by atoms with Gasteiger partial charge in [0, 0.05) is 16.7 Å². The molecule has 0 aliphatic carbocycles. The van der Waals surface area contributed by atoms with Crippen LogP contribution in [0.1, 0.15) is 11.1 Å². The van der Waals surface area contributed by atoms with Crippen LogP contribution in [0, 0.1) is 13.8 Å². The average molecular weight is 490 g/mol. The Labute approximate surface area is 223 Å². The van der Waals surface area contributed by atoms with Gasteiger partial charge in [0.05, 0.1) is 0 Å². The fraction of sp³-hybridized carbons (Fsp3) is 0.0571. The van der Waals surface area contributed by atoms with Gasteiger partial charge in [0.15, 0.2) is 17.5 Å². The van der Waals surface area contributed by atoms with E-state index in [1.807, 2.05) is 30.3 Å². The Balaban J connectivity index is 1.39. The lowest BCUT2D eigenvalue weighted by Crippen LogP contribution is -2.00. The maximum Gasteiger partial charge on any atom is 0.164 e. The van der Waals surface area contributed by atoms with Gasteiger partial charge in [-0.25, -0.2) is 15.0 Å². The van der Waals surface area contributed by atoms with E-state index >= 15 is 0 Å². The summed E-state index contributed by atoms with van der Waals surface area (Å²) in [5, 5.41) is 0. The third kappa shape index (κ3) is 5.00. The van der Waals surface area contributed by atoms with Gasteiger partial charge >= 0.3 is 0 Å². The van der Waals surface area contributed by atoms with Crippen LogP contribution in [0.5, 0.6) is 0 Å². The highest BCUT2D eigenvalue weighted by Crippen LogP contribution is 2.28. The number of nitrogens with zero attached hydrogens (tertiary/aromatic N) is 3. The first kappa shape index (κ1) is 23.5. The molecular weight excluding hydrogens is 462 g/mol. The van der Waals surface area contributed by atoms with Crippen LogP contribution in [0.4, 0.5) is 0 Å². The summed E-state index contributed by atoms with van der Waals surface area (Å²) in [5.74, 6) is 1.98. The topological polar surface area (TPSA) is 38.7 Å². The number of aryl methyl sites for hydroxylation is 2. The van der Waals surface area contributed by atoms with E-state index in [9.17, 15) is 0 Å². The second kappa shape index (κ2) is 10.2. The number of aromatic nitrogens is 3. The largest absolute Gasteiger partial charge is 0.208 e. The molecule has 0 saturated carbocycles. The van der Waals surface area contributed by atoms with Gasteiger partial charge in [-0.05, 0) is 36.1 Å². The second-order valence-corrected chi connectivity index (χ2v) is 9.56. The Morgan fingerprint density at radius 1 is 0.289 bits per heavy atom. The van der Waals surface area contributed by atoms with Crippen molar-refractivity contribution in [2.24, 2.45) is 0 Å². The van der Waals surface area contributed by atoms with Crippen LogP contribution >= 0.6 is 0 Å². The molecule has 0 fully saturated rings. The van der Waals surface area contributed by atoms with Crippen molar-refractivity contribution in [3.05, 3.63) is 139 Å². The predicted molar refractivity (Wildman–Crippen MR) is 156 cm³/mol. The minimum Gasteiger partial charge on any atom is -0.208 e. The van der Waals surface area contributed by atoms with E-state index in [0.29, 0.717) is 17.5 Å². The van der Waals surface area contributed by atoms with E-state index < -0.39 is 0 Å². The molecule has 38 heavy (non-hydrogen) atoms. The van der Waals surface area contributed by atoms with E-state index in [2.05, 4.69) is 111 Å². The van der Waals surface area contributed by atoms with Gasteiger partial charge in [0.1, 0.15) is 0 Å². The highest BCUT2D eigenvalue weighted by Gasteiger charge is 2.13. The number of hydrogen-bond donors (Lipinski definition) is 0. The normalized spacial score (nSPS) is 10.9. The third-order valence-corrected chi connectivity index (χ3v) is 6.72. The van der Waals surface area contributed by atoms with Crippen molar-refractivity contribution in [2.75, 3.05) is 0 Å². The lowest BCUT2D eigenvalue weighted by Gasteiger charge is -2.10. The van der Waals surface area contributed by atoms with Gasteiger partial charge in [0.25, 0.3) is 0 Å². The quantitative estimate of drug-likeness (QED) is 0.243. The average Bonchev–Trinajstić information content (AvgIpc) is 2.98. The first-order valence-electron chi connectivity index (χ1n) is 12.8. The molecule has 182 valence electrons. The summed E-state index contributed by atoms with van der Waals surface area (Å²) in [6, 6.07) is 44.1. The molecule has 6 aromatic rings. The standard InChI is InChI=1S/C35H27N3/c1-24-8-12-26(13-9-24)28-16-20-31(21-17-28)34-36-33(30-6-4-3-5-7-30)37-35(38-34)32-22-18-29(19-23-32)27-14-10-25(2)11-15-27/h3-23H,1-2H3. The molecule has 1 aromatic heterocycles. The van der Waals surface area contributed by atoms with Crippen molar-refractivity contribution in [3.63, 3.8) is 0 Å². The summed E-state index contributed by atoms with van der Waals surface area (Å²) in [5.41, 5.74) is 10.1. The fourth-order valence-electron chi connectivity index (χ4n) is 4.47. The van der Waals surface area contributed by atoms with Gasteiger partial charge in [-0.1, -0.05) is 139 Å². The second-order valence-electron chi connectivity index (χ2n) is 9.56. The van der Waals surface area contributed by atoms with E-state index in [4.69, 9.17) is 15.0 Å². The van der Waals surface area contributed by atoms with Crippen molar-refractivity contribution in [1.82, 2.24) is 15.0 Å². The molecular formula is C35H27N3. The Hall–Kier alpha value is -4.89. The van der Waals surface area contributed by atoms with Crippen LogP contribution in [-0.4, -0.2) is 15.0 Å². The molecule has 0 spiro atoms. The summed E-state index contributed by atoms with van der Waals surface area (Å²) in [7, 11) is 0. The first-order valence-corrected chi connectivity index (χ1v) is 12.8. The van der Waals surface area contributed by atoms with Crippen molar-refractivity contribution < 1.29 is 0 Å². The van der Waals surface area contributed by atoms with Crippen LogP contribution < -0.4 is 0 Å². The molecule has 3 nitrogen and oxygen atoms in total. The highest BCUT2D eigenvalue weighted by molar-refractivity contribution is 5.72. The fourth-order valence-corrected chi connectivity index (χ4v) is 4.47. The van der Waals surface area contributed by atoms with Crippen LogP contribution in [-0.2, 0) is 0 Å². The lowest BCUT2D eigenvalue weighted by atomic mass is 10.0. The zero-order chi connectivity index (χ0) is 25.9. The molecule has 0 unspecified atom stereocenters. The van der Waals surface area contributed by atoms with Gasteiger partial charge in [-0.15, -0.1) is 0 Å². The third-order valence-electron chi connectivity index (χ3n) is 6.72. The molecule has 0 saturated heterocycles. The van der Waals surface area contributed by atoms with Crippen molar-refractivity contribution in [1.29, 1.82) is 0 Å². The Morgan fingerprint density at radius 2 is 0.553 bits per heavy atom. The minimum absolute atomic E-state index is 0.659. The number of benzene rings is 5. The molecule has 0 bridgehead atoms. The highest BCUT2D eigenvalue weighted by atomic mass is 15.0. The molecule has 1 heterocycles. The SMILES string of the molecule is Cc1ccc(-c2ccc(-c3nc(-c4ccccc4)nc(-c4ccc(-c5ccc(C)cc5)cc4)n3)cc2)cc1. The summed E-state index contributed by atoms with van der Waals surface area (Å²) in [6.07, 6.45) is 0. The van der Waals surface area contributed by atoms with Gasteiger partial charge in [0.2, 0.25) is 0 Å². The van der Waals surface area contributed by atoms with Crippen LogP contribution in [0.3, 0.4) is 0 Å². The molecule has 0 atom stereocenters.